The molecule has 2 N–H and O–H groups in total. The number of nitrogens with zero attached hydrogens (tertiary/aromatic N) is 1. The summed E-state index contributed by atoms with van der Waals surface area (Å²) < 4.78 is 43.7. The van der Waals surface area contributed by atoms with Crippen LogP contribution < -0.4 is 15.5 Å². The first kappa shape index (κ1) is 23.3. The molecule has 5 nitrogen and oxygen atoms in total. The number of unbranched alkanes of at least 4 members (excludes halogenated alkanes) is 3. The molecule has 0 unspecified atom stereocenters. The van der Waals surface area contributed by atoms with Crippen molar-refractivity contribution in [2.24, 2.45) is 5.10 Å². The van der Waals surface area contributed by atoms with Crippen LogP contribution in [0.1, 0.15) is 43.7 Å². The van der Waals surface area contributed by atoms with Gasteiger partial charge in [0.2, 0.25) is 0 Å². The lowest BCUT2D eigenvalue weighted by molar-refractivity contribution is -0.137. The van der Waals surface area contributed by atoms with E-state index in [1.165, 1.54) is 31.2 Å². The Morgan fingerprint density at radius 1 is 1.10 bits per heavy atom. The number of amides is 1. The van der Waals surface area contributed by atoms with Gasteiger partial charge in [0.05, 0.1) is 24.9 Å². The molecule has 0 aliphatic rings. The maximum atomic E-state index is 12.7. The average molecular weight is 421 g/mol. The number of hydrogen-bond acceptors (Lipinski definition) is 4. The highest BCUT2D eigenvalue weighted by Gasteiger charge is 2.30. The Hall–Kier alpha value is -3.03. The molecule has 0 aromatic heterocycles. The highest BCUT2D eigenvalue weighted by molar-refractivity contribution is 5.84. The largest absolute Gasteiger partial charge is 0.494 e. The van der Waals surface area contributed by atoms with E-state index in [1.807, 2.05) is 24.3 Å². The highest BCUT2D eigenvalue weighted by atomic mass is 19.4. The molecule has 1 amide bonds. The van der Waals surface area contributed by atoms with Crippen molar-refractivity contribution in [1.82, 2.24) is 5.43 Å². The molecule has 0 bridgehead atoms. The molecule has 0 aliphatic heterocycles. The number of alkyl halides is 3. The van der Waals surface area contributed by atoms with Crippen LogP contribution in [-0.2, 0) is 11.0 Å². The summed E-state index contributed by atoms with van der Waals surface area (Å²) in [6.07, 6.45) is 1.63. The van der Waals surface area contributed by atoms with Crippen molar-refractivity contribution in [2.45, 2.75) is 38.8 Å². The fourth-order valence-electron chi connectivity index (χ4n) is 2.58. The number of hydrazone groups is 1. The predicted octanol–water partition coefficient (Wildman–Crippen LogP) is 5.23. The van der Waals surface area contributed by atoms with Crippen molar-refractivity contribution in [3.05, 3.63) is 59.7 Å². The summed E-state index contributed by atoms with van der Waals surface area (Å²) in [5.74, 6) is 0.300. The lowest BCUT2D eigenvalue weighted by Crippen LogP contribution is -2.26. The van der Waals surface area contributed by atoms with Crippen LogP contribution in [0.5, 0.6) is 5.75 Å². The monoisotopic (exact) mass is 421 g/mol. The van der Waals surface area contributed by atoms with Gasteiger partial charge in [0.1, 0.15) is 5.75 Å². The normalized spacial score (nSPS) is 11.5. The molecule has 2 aromatic rings. The number of anilines is 1. The van der Waals surface area contributed by atoms with Gasteiger partial charge in [-0.15, -0.1) is 0 Å². The predicted molar refractivity (Wildman–Crippen MR) is 112 cm³/mol. The summed E-state index contributed by atoms with van der Waals surface area (Å²) in [5, 5.41) is 6.49. The molecule has 0 saturated heterocycles. The molecule has 2 rings (SSSR count). The van der Waals surface area contributed by atoms with E-state index in [-0.39, 0.29) is 12.2 Å². The molecule has 8 heteroatoms. The minimum absolute atomic E-state index is 0.203. The van der Waals surface area contributed by atoms with Gasteiger partial charge >= 0.3 is 6.18 Å². The van der Waals surface area contributed by atoms with Crippen LogP contribution in [0, 0.1) is 0 Å². The number of benzene rings is 2. The Labute approximate surface area is 174 Å². The highest BCUT2D eigenvalue weighted by Crippen LogP contribution is 2.30. The number of nitrogens with one attached hydrogen (secondary N) is 2. The second-order valence-electron chi connectivity index (χ2n) is 6.70. The summed E-state index contributed by atoms with van der Waals surface area (Å²) in [6, 6.07) is 12.0. The molecular formula is C22H26F3N3O2. The maximum absolute atomic E-state index is 12.7. The Balaban J connectivity index is 1.73. The van der Waals surface area contributed by atoms with Crippen LogP contribution in [0.25, 0.3) is 0 Å². The first-order chi connectivity index (χ1) is 14.4. The summed E-state index contributed by atoms with van der Waals surface area (Å²) in [4.78, 5) is 11.8. The Bertz CT molecular complexity index is 821. The van der Waals surface area contributed by atoms with Gasteiger partial charge in [0.15, 0.2) is 0 Å². The standard InChI is InChI=1S/C22H26F3N3O2/c1-2-3-4-5-13-30-20-11-9-17(10-12-20)15-27-28-21(29)16-26-19-8-6-7-18(14-19)22(23,24)25/h6-12,14-15,26H,2-5,13,16H2,1H3,(H,28,29)/b27-15-. The average Bonchev–Trinajstić information content (AvgIpc) is 2.73. The number of carbonyl (C=O) groups is 1. The summed E-state index contributed by atoms with van der Waals surface area (Å²) in [5.41, 5.74) is 2.53. The Kier molecular flexibility index (Phi) is 9.18. The first-order valence-electron chi connectivity index (χ1n) is 9.84. The second kappa shape index (κ2) is 11.8. The fraction of sp³-hybridized carbons (Fsp3) is 0.364. The van der Waals surface area contributed by atoms with Crippen LogP contribution in [0.3, 0.4) is 0 Å². The molecule has 0 atom stereocenters. The van der Waals surface area contributed by atoms with Gasteiger partial charge < -0.3 is 10.1 Å². The quantitative estimate of drug-likeness (QED) is 0.297. The smallest absolute Gasteiger partial charge is 0.416 e. The van der Waals surface area contributed by atoms with Crippen molar-refractivity contribution < 1.29 is 22.7 Å². The van der Waals surface area contributed by atoms with E-state index < -0.39 is 17.6 Å². The number of ether oxygens (including phenoxy) is 1. The zero-order valence-corrected chi connectivity index (χ0v) is 16.8. The second-order valence-corrected chi connectivity index (χ2v) is 6.70. The summed E-state index contributed by atoms with van der Waals surface area (Å²) >= 11 is 0. The van der Waals surface area contributed by atoms with Gasteiger partial charge in [0, 0.05) is 5.69 Å². The number of rotatable bonds is 11. The lowest BCUT2D eigenvalue weighted by Gasteiger charge is -2.10. The number of hydrogen-bond donors (Lipinski definition) is 2. The summed E-state index contributed by atoms with van der Waals surface area (Å²) in [6.45, 7) is 2.64. The van der Waals surface area contributed by atoms with Crippen LogP contribution in [0.2, 0.25) is 0 Å². The first-order valence-corrected chi connectivity index (χ1v) is 9.84. The van der Waals surface area contributed by atoms with Crippen LogP contribution >= 0.6 is 0 Å². The van der Waals surface area contributed by atoms with Gasteiger partial charge in [0.25, 0.3) is 5.91 Å². The van der Waals surface area contributed by atoms with E-state index in [4.69, 9.17) is 4.74 Å². The fourth-order valence-corrected chi connectivity index (χ4v) is 2.58. The van der Waals surface area contributed by atoms with Crippen molar-refractivity contribution in [1.29, 1.82) is 0 Å². The van der Waals surface area contributed by atoms with Crippen molar-refractivity contribution >= 4 is 17.8 Å². The van der Waals surface area contributed by atoms with Crippen molar-refractivity contribution in [2.75, 3.05) is 18.5 Å². The third-order valence-corrected chi connectivity index (χ3v) is 4.19. The third-order valence-electron chi connectivity index (χ3n) is 4.19. The van der Waals surface area contributed by atoms with Gasteiger partial charge in [-0.05, 0) is 54.4 Å². The Morgan fingerprint density at radius 2 is 1.87 bits per heavy atom. The summed E-state index contributed by atoms with van der Waals surface area (Å²) in [7, 11) is 0. The van der Waals surface area contributed by atoms with Gasteiger partial charge in [-0.2, -0.15) is 18.3 Å². The van der Waals surface area contributed by atoms with Crippen molar-refractivity contribution in [3.8, 4) is 5.75 Å². The van der Waals surface area contributed by atoms with Crippen LogP contribution in [0.4, 0.5) is 18.9 Å². The van der Waals surface area contributed by atoms with Crippen LogP contribution in [-0.4, -0.2) is 25.3 Å². The van der Waals surface area contributed by atoms with E-state index in [2.05, 4.69) is 22.8 Å². The van der Waals surface area contributed by atoms with Gasteiger partial charge in [-0.1, -0.05) is 32.3 Å². The molecule has 30 heavy (non-hydrogen) atoms. The Morgan fingerprint density at radius 3 is 2.57 bits per heavy atom. The molecule has 2 aromatic carbocycles. The lowest BCUT2D eigenvalue weighted by atomic mass is 10.2. The van der Waals surface area contributed by atoms with Crippen molar-refractivity contribution in [3.63, 3.8) is 0 Å². The van der Waals surface area contributed by atoms with E-state index in [9.17, 15) is 18.0 Å². The molecule has 0 radical (unpaired) electrons. The van der Waals surface area contributed by atoms with E-state index in [0.29, 0.717) is 6.61 Å². The van der Waals surface area contributed by atoms with Gasteiger partial charge in [-0.25, -0.2) is 5.43 Å². The number of carbonyl (C=O) groups excluding carboxylic acids is 1. The number of halogens is 3. The zero-order valence-electron chi connectivity index (χ0n) is 16.8. The minimum atomic E-state index is -4.43. The van der Waals surface area contributed by atoms with E-state index >= 15 is 0 Å². The topological polar surface area (TPSA) is 62.7 Å². The minimum Gasteiger partial charge on any atom is -0.494 e. The molecule has 0 aliphatic carbocycles. The maximum Gasteiger partial charge on any atom is 0.416 e. The molecule has 0 fully saturated rings. The SMILES string of the molecule is CCCCCCOc1ccc(/C=N\NC(=O)CNc2cccc(C(F)(F)F)c2)cc1. The van der Waals surface area contributed by atoms with E-state index in [0.717, 1.165) is 36.3 Å². The molecule has 162 valence electrons. The molecule has 0 spiro atoms. The third kappa shape index (κ3) is 8.55. The molecule has 0 heterocycles. The van der Waals surface area contributed by atoms with Gasteiger partial charge in [-0.3, -0.25) is 4.79 Å². The van der Waals surface area contributed by atoms with Crippen LogP contribution in [0.15, 0.2) is 53.6 Å². The molecule has 0 saturated carbocycles. The molecular weight excluding hydrogens is 395 g/mol. The zero-order chi connectivity index (χ0) is 21.8. The van der Waals surface area contributed by atoms with E-state index in [1.54, 1.807) is 0 Å².